The van der Waals surface area contributed by atoms with Crippen molar-refractivity contribution in [2.75, 3.05) is 5.32 Å². The summed E-state index contributed by atoms with van der Waals surface area (Å²) in [6, 6.07) is 14.3. The monoisotopic (exact) mass is 656 g/mol. The van der Waals surface area contributed by atoms with Gasteiger partial charge in [0.05, 0.1) is 22.9 Å². The average molecular weight is 657 g/mol. The molecule has 47 heavy (non-hydrogen) atoms. The third-order valence-corrected chi connectivity index (χ3v) is 8.38. The quantitative estimate of drug-likeness (QED) is 0.149. The maximum absolute atomic E-state index is 13.8. The third-order valence-electron chi connectivity index (χ3n) is 8.05. The lowest BCUT2D eigenvalue weighted by Crippen LogP contribution is -2.31. The number of benzene rings is 3. The van der Waals surface area contributed by atoms with Crippen LogP contribution in [-0.4, -0.2) is 37.4 Å². The summed E-state index contributed by atoms with van der Waals surface area (Å²) in [5.41, 5.74) is 3.62. The predicted molar refractivity (Wildman–Crippen MR) is 171 cm³/mol. The molecule has 1 aliphatic rings. The number of amides is 3. The van der Waals surface area contributed by atoms with Crippen LogP contribution >= 0.6 is 11.6 Å². The summed E-state index contributed by atoms with van der Waals surface area (Å²) < 4.78 is 28.3. The molecule has 1 atom stereocenters. The van der Waals surface area contributed by atoms with Crippen LogP contribution in [0.3, 0.4) is 0 Å². The number of para-hydroxylation sites is 1. The minimum Gasteiger partial charge on any atom is -0.508 e. The number of rotatable bonds is 8. The summed E-state index contributed by atoms with van der Waals surface area (Å²) >= 11 is 6.22. The number of hydrogen-bond acceptors (Lipinski definition) is 6. The molecule has 0 fully saturated rings. The number of fused-ring (bicyclic) bond motifs is 2. The minimum absolute atomic E-state index is 0.0344. The summed E-state index contributed by atoms with van der Waals surface area (Å²) in [5.74, 6) is -4.08. The molecule has 0 radical (unpaired) electrons. The average Bonchev–Trinajstić information content (AvgIpc) is 3.67. The molecule has 5 aromatic rings. The summed E-state index contributed by atoms with van der Waals surface area (Å²) in [6.07, 6.45) is 2.47. The Labute approximate surface area is 272 Å². The van der Waals surface area contributed by atoms with Gasteiger partial charge in [0.1, 0.15) is 22.7 Å². The van der Waals surface area contributed by atoms with Crippen LogP contribution in [-0.2, 0) is 13.0 Å². The molecule has 238 valence electrons. The van der Waals surface area contributed by atoms with Crippen molar-refractivity contribution in [3.8, 4) is 0 Å². The fourth-order valence-electron chi connectivity index (χ4n) is 5.65. The molecule has 1 unspecified atom stereocenters. The van der Waals surface area contributed by atoms with Gasteiger partial charge in [-0.3, -0.25) is 14.4 Å². The Bertz CT molecular complexity index is 2110. The molecular weight excluding hydrogens is 630 g/mol. The number of aliphatic hydroxyl groups is 1. The molecule has 2 aromatic heterocycles. The lowest BCUT2D eigenvalue weighted by atomic mass is 9.97. The van der Waals surface area contributed by atoms with Gasteiger partial charge in [0.2, 0.25) is 0 Å². The number of carbonyl (C=O) groups is 3. The van der Waals surface area contributed by atoms with Crippen LogP contribution in [0.2, 0.25) is 5.02 Å². The number of carbonyl (C=O) groups excluding carboxylic acids is 3. The second-order valence-corrected chi connectivity index (χ2v) is 11.4. The highest BCUT2D eigenvalue weighted by Gasteiger charge is 2.29. The Kier molecular flexibility index (Phi) is 8.44. The van der Waals surface area contributed by atoms with Gasteiger partial charge < -0.3 is 21.1 Å². The van der Waals surface area contributed by atoms with Crippen LogP contribution in [0, 0.1) is 18.6 Å². The van der Waals surface area contributed by atoms with Crippen molar-refractivity contribution < 1.29 is 28.3 Å². The first-order valence-electron chi connectivity index (χ1n) is 14.5. The lowest BCUT2D eigenvalue weighted by Gasteiger charge is -2.17. The fraction of sp³-hybridized carbons (Fsp3) is 0.147. The second-order valence-electron chi connectivity index (χ2n) is 11.0. The zero-order valence-corrected chi connectivity index (χ0v) is 25.7. The van der Waals surface area contributed by atoms with Crippen LogP contribution in [0.5, 0.6) is 0 Å². The van der Waals surface area contributed by atoms with Crippen LogP contribution in [0.15, 0.2) is 73.4 Å². The molecule has 1 aliphatic carbocycles. The zero-order chi connectivity index (χ0) is 33.4. The standard InChI is InChI=1S/C34H27ClF2N6O4/c1-17-20(18(2)44)8-9-22-21(17)10-12-27(22)41-34(47)30-14-29(33(46)38-15-19-7-11-25(36)26(37)13-19)40-31-23(16-39-43(30)31)32(45)42-28-6-4-3-5-24(28)35/h3-9,11,13-14,16,27,44H,2,10,12,15H2,1H3,(H,38,46)(H,41,47)(H,42,45). The van der Waals surface area contributed by atoms with E-state index in [9.17, 15) is 28.3 Å². The van der Waals surface area contributed by atoms with E-state index in [2.05, 4.69) is 32.6 Å². The van der Waals surface area contributed by atoms with E-state index in [4.69, 9.17) is 11.6 Å². The molecule has 0 aliphatic heterocycles. The summed E-state index contributed by atoms with van der Waals surface area (Å²) in [7, 11) is 0. The Morgan fingerprint density at radius 2 is 1.81 bits per heavy atom. The number of nitrogens with zero attached hydrogens (tertiary/aromatic N) is 3. The van der Waals surface area contributed by atoms with Gasteiger partial charge >= 0.3 is 0 Å². The summed E-state index contributed by atoms with van der Waals surface area (Å²) in [5, 5.41) is 22.8. The van der Waals surface area contributed by atoms with E-state index < -0.39 is 29.4 Å². The van der Waals surface area contributed by atoms with Gasteiger partial charge in [-0.15, -0.1) is 0 Å². The smallest absolute Gasteiger partial charge is 0.270 e. The summed E-state index contributed by atoms with van der Waals surface area (Å²) in [6.45, 7) is 5.34. The molecule has 10 nitrogen and oxygen atoms in total. The van der Waals surface area contributed by atoms with Gasteiger partial charge in [-0.05, 0) is 66.3 Å². The minimum atomic E-state index is -1.06. The Hall–Kier alpha value is -5.62. The van der Waals surface area contributed by atoms with Crippen molar-refractivity contribution >= 4 is 46.4 Å². The fourth-order valence-corrected chi connectivity index (χ4v) is 5.83. The molecule has 0 bridgehead atoms. The third kappa shape index (κ3) is 6.15. The van der Waals surface area contributed by atoms with E-state index in [1.807, 2.05) is 13.0 Å². The van der Waals surface area contributed by atoms with Crippen molar-refractivity contribution in [1.29, 1.82) is 0 Å². The highest BCUT2D eigenvalue weighted by molar-refractivity contribution is 6.34. The Morgan fingerprint density at radius 1 is 1.02 bits per heavy atom. The molecule has 3 aromatic carbocycles. The largest absolute Gasteiger partial charge is 0.508 e. The number of hydrogen-bond donors (Lipinski definition) is 4. The number of nitrogens with one attached hydrogen (secondary N) is 3. The van der Waals surface area contributed by atoms with Gasteiger partial charge in [-0.2, -0.15) is 5.10 Å². The molecular formula is C34H27ClF2N6O4. The SMILES string of the molecule is C=C(O)c1ccc2c(c1C)CCC2NC(=O)c1cc(C(=O)NCc2ccc(F)c(F)c2)nc2c(C(=O)Nc3ccccc3Cl)cnn12. The van der Waals surface area contributed by atoms with E-state index in [-0.39, 0.29) is 40.9 Å². The molecule has 13 heteroatoms. The van der Waals surface area contributed by atoms with Crippen LogP contribution in [0.1, 0.15) is 71.6 Å². The second kappa shape index (κ2) is 12.6. The van der Waals surface area contributed by atoms with Crippen molar-refractivity contribution in [2.45, 2.75) is 32.4 Å². The van der Waals surface area contributed by atoms with Crippen LogP contribution in [0.25, 0.3) is 11.4 Å². The van der Waals surface area contributed by atoms with Gasteiger partial charge in [-0.25, -0.2) is 18.3 Å². The normalized spacial score (nSPS) is 13.7. The number of aromatic nitrogens is 3. The Balaban J connectivity index is 1.34. The molecule has 3 amide bonds. The number of anilines is 1. The Morgan fingerprint density at radius 3 is 2.55 bits per heavy atom. The van der Waals surface area contributed by atoms with E-state index in [1.165, 1.54) is 22.8 Å². The van der Waals surface area contributed by atoms with Crippen LogP contribution < -0.4 is 16.0 Å². The summed E-state index contributed by atoms with van der Waals surface area (Å²) in [4.78, 5) is 44.9. The van der Waals surface area contributed by atoms with Crippen molar-refractivity contribution in [3.05, 3.63) is 135 Å². The molecule has 2 heterocycles. The molecule has 6 rings (SSSR count). The first kappa shape index (κ1) is 31.4. The van der Waals surface area contributed by atoms with E-state index in [0.717, 1.165) is 28.8 Å². The maximum atomic E-state index is 13.8. The van der Waals surface area contributed by atoms with Crippen molar-refractivity contribution in [1.82, 2.24) is 25.2 Å². The molecule has 0 saturated carbocycles. The number of halogens is 3. The first-order valence-corrected chi connectivity index (χ1v) is 14.9. The van der Waals surface area contributed by atoms with Crippen LogP contribution in [0.4, 0.5) is 14.5 Å². The van der Waals surface area contributed by atoms with E-state index >= 15 is 0 Å². The topological polar surface area (TPSA) is 138 Å². The highest BCUT2D eigenvalue weighted by atomic mass is 35.5. The predicted octanol–water partition coefficient (Wildman–Crippen LogP) is 6.10. The van der Waals surface area contributed by atoms with Gasteiger partial charge in [0, 0.05) is 18.2 Å². The molecule has 0 spiro atoms. The number of aliphatic hydroxyl groups excluding tert-OH is 1. The van der Waals surface area contributed by atoms with Gasteiger partial charge in [0.15, 0.2) is 17.3 Å². The lowest BCUT2D eigenvalue weighted by molar-refractivity contribution is 0.0927. The van der Waals surface area contributed by atoms with E-state index in [1.54, 1.807) is 30.3 Å². The zero-order valence-electron chi connectivity index (χ0n) is 24.9. The van der Waals surface area contributed by atoms with Crippen molar-refractivity contribution in [3.63, 3.8) is 0 Å². The van der Waals surface area contributed by atoms with Gasteiger partial charge in [0.25, 0.3) is 17.7 Å². The first-order chi connectivity index (χ1) is 22.5. The molecule has 4 N–H and O–H groups in total. The molecule has 0 saturated heterocycles. The van der Waals surface area contributed by atoms with E-state index in [0.29, 0.717) is 34.7 Å². The maximum Gasteiger partial charge on any atom is 0.270 e. The highest BCUT2D eigenvalue weighted by Crippen LogP contribution is 2.36. The van der Waals surface area contributed by atoms with Gasteiger partial charge in [-0.1, -0.05) is 48.5 Å². The van der Waals surface area contributed by atoms with Crippen molar-refractivity contribution in [2.24, 2.45) is 0 Å².